The molecular weight excluding hydrogens is 389 g/mol. The van der Waals surface area contributed by atoms with Crippen LogP contribution in [0.1, 0.15) is 37.7 Å². The third-order valence-electron chi connectivity index (χ3n) is 6.88. The van der Waals surface area contributed by atoms with Gasteiger partial charge >= 0.3 is 196 Å². The van der Waals surface area contributed by atoms with Crippen molar-refractivity contribution in [2.75, 3.05) is 7.11 Å². The van der Waals surface area contributed by atoms with Crippen molar-refractivity contribution in [2.24, 2.45) is 23.7 Å². The first kappa shape index (κ1) is 20.2. The number of rotatable bonds is 4. The summed E-state index contributed by atoms with van der Waals surface area (Å²) in [4.78, 5) is 0. The van der Waals surface area contributed by atoms with Gasteiger partial charge in [-0.2, -0.15) is 0 Å². The summed E-state index contributed by atoms with van der Waals surface area (Å²) in [5, 5.41) is 2.31. The molecule has 0 unspecified atom stereocenters. The molecule has 2 aromatic carbocycles. The number of allylic oxidation sites excluding steroid dienone is 1. The minimum atomic E-state index is -2.30. The van der Waals surface area contributed by atoms with Gasteiger partial charge in [-0.15, -0.1) is 0 Å². The van der Waals surface area contributed by atoms with Gasteiger partial charge in [0.15, 0.2) is 0 Å². The predicted molar refractivity (Wildman–Crippen MR) is 115 cm³/mol. The van der Waals surface area contributed by atoms with Crippen LogP contribution in [-0.4, -0.2) is 61.7 Å². The van der Waals surface area contributed by atoms with Crippen LogP contribution in [0, 0.1) is 23.7 Å². The number of benzene rings is 2. The zero-order chi connectivity index (χ0) is 19.5. The molecule has 0 amide bonds. The van der Waals surface area contributed by atoms with E-state index < -0.39 is 0.883 Å². The Kier molecular flexibility index (Phi) is 5.59. The van der Waals surface area contributed by atoms with E-state index in [1.807, 2.05) is 19.2 Å². The van der Waals surface area contributed by atoms with E-state index >= 15 is 0 Å². The van der Waals surface area contributed by atoms with Gasteiger partial charge in [0.1, 0.15) is 0 Å². The molecule has 4 bridgehead atoms. The summed E-state index contributed by atoms with van der Waals surface area (Å²) < 4.78 is 21.7. The molecule has 4 fully saturated rings. The van der Waals surface area contributed by atoms with Crippen molar-refractivity contribution in [3.05, 3.63) is 47.5 Å². The summed E-state index contributed by atoms with van der Waals surface area (Å²) in [5.74, 6) is 5.19. The van der Waals surface area contributed by atoms with Crippen molar-refractivity contribution in [3.8, 4) is 5.75 Å². The van der Waals surface area contributed by atoms with E-state index in [1.54, 1.807) is 5.57 Å². The molecule has 6 heteroatoms. The molecular formula is C22H23Na2O3P. The fourth-order valence-corrected chi connectivity index (χ4v) is 8.03. The Balaban J connectivity index is 1.56. The molecule has 0 heterocycles. The van der Waals surface area contributed by atoms with Crippen molar-refractivity contribution in [1.82, 2.24) is 0 Å². The molecule has 0 spiro atoms. The number of methoxy groups -OCH3 is 1. The second kappa shape index (κ2) is 7.75. The number of hydrogen-bond donors (Lipinski definition) is 0. The van der Waals surface area contributed by atoms with Crippen LogP contribution in [0.15, 0.2) is 42.0 Å². The zero-order valence-electron chi connectivity index (χ0n) is 17.0. The molecule has 2 aromatic rings. The first-order chi connectivity index (χ1) is 13.4. The van der Waals surface area contributed by atoms with Crippen molar-refractivity contribution >= 4 is 72.0 Å². The summed E-state index contributed by atoms with van der Waals surface area (Å²) in [6, 6.07) is 12.6. The average Bonchev–Trinajstić information content (AvgIpc) is 2.62. The quantitative estimate of drug-likeness (QED) is 0.379. The molecule has 4 aliphatic rings. The topological polar surface area (TPSA) is 35.5 Å². The first-order valence-corrected chi connectivity index (χ1v) is 18.3. The van der Waals surface area contributed by atoms with Crippen LogP contribution in [0.25, 0.3) is 16.5 Å². The standard InChI is InChI=1S/C22H23O3P.2Na/c1-24-22(21-18-7-13-6-14(9-18)10-19(21)8-13)16-3-2-15-4-5-20(25-26-23)12-17(15)11-16;;/h2-5,11-14,18-19H,6-10H2,1H3;;. The fourth-order valence-electron chi connectivity index (χ4n) is 6.14. The van der Waals surface area contributed by atoms with Gasteiger partial charge in [0.05, 0.1) is 0 Å². The third kappa shape index (κ3) is 3.94. The van der Waals surface area contributed by atoms with Crippen LogP contribution in [0.5, 0.6) is 5.75 Å². The van der Waals surface area contributed by atoms with Crippen LogP contribution in [-0.2, 0) is 9.30 Å². The summed E-state index contributed by atoms with van der Waals surface area (Å²) in [6.07, 6.45) is 6.90. The Bertz CT molecular complexity index is 980. The Labute approximate surface area is 200 Å². The van der Waals surface area contributed by atoms with Crippen LogP contribution in [0.3, 0.4) is 0 Å². The van der Waals surface area contributed by atoms with E-state index in [0.717, 1.165) is 40.6 Å². The summed E-state index contributed by atoms with van der Waals surface area (Å²) in [5.41, 5.74) is 2.76. The number of hydrogen-bond acceptors (Lipinski definition) is 3. The fraction of sp³-hybridized carbons (Fsp3) is 0.455. The molecule has 6 rings (SSSR count). The van der Waals surface area contributed by atoms with Gasteiger partial charge in [-0.1, -0.05) is 0 Å². The summed E-state index contributed by atoms with van der Waals surface area (Å²) in [6.45, 7) is 0. The average molecular weight is 412 g/mol. The molecule has 0 atom stereocenters. The molecule has 0 aliphatic heterocycles. The summed E-state index contributed by atoms with van der Waals surface area (Å²) >= 11 is 1.23. The van der Waals surface area contributed by atoms with Crippen LogP contribution < -0.4 is 4.52 Å². The van der Waals surface area contributed by atoms with E-state index in [2.05, 4.69) is 24.3 Å². The van der Waals surface area contributed by atoms with Gasteiger partial charge in [-0.3, -0.25) is 0 Å². The van der Waals surface area contributed by atoms with Gasteiger partial charge in [-0.25, -0.2) is 0 Å². The number of ether oxygens (including phenoxy) is 1. The zero-order valence-corrected chi connectivity index (χ0v) is 21.9. The Hall–Kier alpha value is 0.270. The van der Waals surface area contributed by atoms with Crippen molar-refractivity contribution < 1.29 is 13.8 Å². The van der Waals surface area contributed by atoms with E-state index in [4.69, 9.17) is 9.26 Å². The second-order valence-corrected chi connectivity index (χ2v) is 27.2. The van der Waals surface area contributed by atoms with Crippen LogP contribution in [0.2, 0.25) is 0 Å². The molecule has 0 radical (unpaired) electrons. The van der Waals surface area contributed by atoms with Gasteiger partial charge in [0.25, 0.3) is 0 Å². The molecule has 136 valence electrons. The van der Waals surface area contributed by atoms with E-state index in [-0.39, 0.29) is 0 Å². The molecule has 4 aliphatic carbocycles. The summed E-state index contributed by atoms with van der Waals surface area (Å²) in [7, 11) is 1.83. The van der Waals surface area contributed by atoms with Gasteiger partial charge < -0.3 is 0 Å². The monoisotopic (exact) mass is 412 g/mol. The third-order valence-corrected chi connectivity index (χ3v) is 8.63. The van der Waals surface area contributed by atoms with Crippen molar-refractivity contribution in [2.45, 2.75) is 32.1 Å². The Morgan fingerprint density at radius 1 is 0.929 bits per heavy atom. The van der Waals surface area contributed by atoms with Gasteiger partial charge in [0, 0.05) is 0 Å². The van der Waals surface area contributed by atoms with Crippen molar-refractivity contribution in [1.29, 1.82) is 0 Å². The molecule has 0 aromatic heterocycles. The van der Waals surface area contributed by atoms with Gasteiger partial charge in [0.2, 0.25) is 0 Å². The van der Waals surface area contributed by atoms with Crippen LogP contribution in [0.4, 0.5) is 0 Å². The minimum absolute atomic E-state index is 0.615. The normalized spacial score (nSPS) is 28.7. The van der Waals surface area contributed by atoms with E-state index in [0.29, 0.717) is 54.6 Å². The number of fused-ring (bicyclic) bond motifs is 1. The first-order valence-electron chi connectivity index (χ1n) is 10.5. The Morgan fingerprint density at radius 3 is 2.18 bits per heavy atom. The molecule has 28 heavy (non-hydrogen) atoms. The maximum atomic E-state index is 12.2. The van der Waals surface area contributed by atoms with E-state index in [9.17, 15) is 4.57 Å². The molecule has 4 saturated carbocycles. The molecule has 3 nitrogen and oxygen atoms in total. The van der Waals surface area contributed by atoms with Crippen molar-refractivity contribution in [3.63, 3.8) is 0 Å². The van der Waals surface area contributed by atoms with Gasteiger partial charge in [-0.05, 0) is 6.42 Å². The SMILES string of the molecule is COC(=C1C2CC3CC(C2)CC1C3)c1ccc2ccc(O[P](=O)([Na])[Na])cc2c1. The molecule has 0 N–H and O–H groups in total. The predicted octanol–water partition coefficient (Wildman–Crippen LogP) is 5.48. The van der Waals surface area contributed by atoms with E-state index in [1.165, 1.54) is 43.1 Å². The Morgan fingerprint density at radius 2 is 1.57 bits per heavy atom. The second-order valence-electron chi connectivity index (χ2n) is 9.36. The maximum absolute atomic E-state index is 12.2. The molecule has 0 saturated heterocycles. The van der Waals surface area contributed by atoms with Crippen LogP contribution >= 0.6 is 0.883 Å².